The standard InChI is InChI=1S/C33H29N3O2.C2H6.CH2O/c1-3-24-19-26(25-9-5-4-6-10-25)21-27(20-24)32-29-11-7-8-12-30(29)33(37)36(34-32)31-22-28(14-13-23(31)2)35-15-17-38-18-16-35;2*1-2/h3-14,19-22H,1,15-18H2,2H3;1-2H3;1H2. The molecule has 42 heavy (non-hydrogen) atoms. The number of hydrogen-bond donors (Lipinski definition) is 0. The van der Waals surface area contributed by atoms with Crippen LogP contribution >= 0.6 is 0 Å². The van der Waals surface area contributed by atoms with E-state index in [0.29, 0.717) is 18.6 Å². The molecule has 6 heteroatoms. The van der Waals surface area contributed by atoms with Gasteiger partial charge in [-0.05, 0) is 65.6 Å². The lowest BCUT2D eigenvalue weighted by Crippen LogP contribution is -2.36. The molecule has 5 aromatic rings. The molecular formula is C36H37N3O3. The molecular weight excluding hydrogens is 522 g/mol. The third-order valence-corrected chi connectivity index (χ3v) is 7.17. The molecule has 0 radical (unpaired) electrons. The largest absolute Gasteiger partial charge is 0.378 e. The van der Waals surface area contributed by atoms with Gasteiger partial charge in [0.1, 0.15) is 6.79 Å². The summed E-state index contributed by atoms with van der Waals surface area (Å²) >= 11 is 0. The number of hydrogen-bond acceptors (Lipinski definition) is 5. The van der Waals surface area contributed by atoms with Crippen molar-refractivity contribution in [1.29, 1.82) is 0 Å². The Hall–Kier alpha value is -4.81. The summed E-state index contributed by atoms with van der Waals surface area (Å²) in [4.78, 5) is 24.1. The van der Waals surface area contributed by atoms with Crippen LogP contribution in [0.4, 0.5) is 5.69 Å². The van der Waals surface area contributed by atoms with E-state index in [9.17, 15) is 4.79 Å². The number of aryl methyl sites for hydroxylation is 1. The average Bonchev–Trinajstić information content (AvgIpc) is 3.08. The fourth-order valence-electron chi connectivity index (χ4n) is 5.11. The number of ether oxygens (including phenoxy) is 1. The predicted molar refractivity (Wildman–Crippen MR) is 175 cm³/mol. The summed E-state index contributed by atoms with van der Waals surface area (Å²) in [7, 11) is 0. The maximum absolute atomic E-state index is 13.8. The van der Waals surface area contributed by atoms with E-state index < -0.39 is 0 Å². The smallest absolute Gasteiger partial charge is 0.279 e. The Morgan fingerprint density at radius 3 is 2.12 bits per heavy atom. The molecule has 0 N–H and O–H groups in total. The molecule has 1 aromatic heterocycles. The van der Waals surface area contributed by atoms with Crippen molar-refractivity contribution in [2.75, 3.05) is 31.2 Å². The molecule has 1 fully saturated rings. The fraction of sp³-hybridized carbons (Fsp3) is 0.194. The Kier molecular flexibility index (Phi) is 10.2. The van der Waals surface area contributed by atoms with Gasteiger partial charge < -0.3 is 14.4 Å². The van der Waals surface area contributed by atoms with Crippen molar-refractivity contribution in [2.24, 2.45) is 0 Å². The minimum atomic E-state index is -0.130. The molecule has 0 atom stereocenters. The van der Waals surface area contributed by atoms with Crippen molar-refractivity contribution >= 4 is 29.3 Å². The number of fused-ring (bicyclic) bond motifs is 1. The highest BCUT2D eigenvalue weighted by atomic mass is 16.5. The van der Waals surface area contributed by atoms with Gasteiger partial charge in [0, 0.05) is 29.7 Å². The Labute approximate surface area is 247 Å². The number of benzene rings is 4. The maximum atomic E-state index is 13.8. The van der Waals surface area contributed by atoms with Gasteiger partial charge in [0.15, 0.2) is 0 Å². The number of anilines is 1. The van der Waals surface area contributed by atoms with Gasteiger partial charge in [0.05, 0.1) is 30.0 Å². The number of rotatable bonds is 5. The first-order valence-corrected chi connectivity index (χ1v) is 14.2. The molecule has 6 nitrogen and oxygen atoms in total. The lowest BCUT2D eigenvalue weighted by molar-refractivity contribution is -0.0980. The Morgan fingerprint density at radius 2 is 1.43 bits per heavy atom. The minimum Gasteiger partial charge on any atom is -0.378 e. The molecule has 0 amide bonds. The summed E-state index contributed by atoms with van der Waals surface area (Å²) < 4.78 is 7.11. The van der Waals surface area contributed by atoms with Crippen LogP contribution in [0.1, 0.15) is 25.0 Å². The van der Waals surface area contributed by atoms with E-state index in [4.69, 9.17) is 14.6 Å². The van der Waals surface area contributed by atoms with E-state index in [1.807, 2.05) is 76.1 Å². The van der Waals surface area contributed by atoms with Crippen LogP contribution in [-0.2, 0) is 9.53 Å². The molecule has 0 saturated carbocycles. The molecule has 1 aliphatic heterocycles. The summed E-state index contributed by atoms with van der Waals surface area (Å²) in [5.41, 5.74) is 7.60. The third kappa shape index (κ3) is 6.24. The number of carbonyl (C=O) groups excluding carboxylic acids is 1. The third-order valence-electron chi connectivity index (χ3n) is 7.17. The van der Waals surface area contributed by atoms with Crippen molar-refractivity contribution < 1.29 is 9.53 Å². The van der Waals surface area contributed by atoms with Crippen molar-refractivity contribution in [3.05, 3.63) is 119 Å². The highest BCUT2D eigenvalue weighted by Gasteiger charge is 2.18. The van der Waals surface area contributed by atoms with Crippen LogP contribution < -0.4 is 10.5 Å². The Balaban J connectivity index is 0.000000972. The molecule has 1 saturated heterocycles. The highest BCUT2D eigenvalue weighted by molar-refractivity contribution is 5.95. The first-order chi connectivity index (χ1) is 20.6. The zero-order valence-corrected chi connectivity index (χ0v) is 24.5. The first kappa shape index (κ1) is 30.2. The monoisotopic (exact) mass is 559 g/mol. The molecule has 0 spiro atoms. The van der Waals surface area contributed by atoms with Crippen LogP contribution in [0.5, 0.6) is 0 Å². The Morgan fingerprint density at radius 1 is 0.786 bits per heavy atom. The Bertz CT molecular complexity index is 1720. The summed E-state index contributed by atoms with van der Waals surface area (Å²) in [6.07, 6.45) is 1.85. The number of aromatic nitrogens is 2. The second kappa shape index (κ2) is 14.2. The van der Waals surface area contributed by atoms with Crippen LogP contribution in [0.2, 0.25) is 0 Å². The van der Waals surface area contributed by atoms with E-state index in [1.165, 1.54) is 0 Å². The minimum absolute atomic E-state index is 0.130. The second-order valence-corrected chi connectivity index (χ2v) is 9.60. The number of nitrogens with zero attached hydrogens (tertiary/aromatic N) is 3. The van der Waals surface area contributed by atoms with Gasteiger partial charge in [-0.15, -0.1) is 0 Å². The SMILES string of the molecule is C=Cc1cc(-c2ccccc2)cc(-c2nn(-c3cc(N4CCOCC4)ccc3C)c(=O)c3ccccc23)c1.C=O.CC. The van der Waals surface area contributed by atoms with Crippen LogP contribution in [0.3, 0.4) is 0 Å². The molecule has 2 heterocycles. The van der Waals surface area contributed by atoms with Crippen molar-refractivity contribution in [3.63, 3.8) is 0 Å². The normalized spacial score (nSPS) is 12.5. The fourth-order valence-corrected chi connectivity index (χ4v) is 5.11. The van der Waals surface area contributed by atoms with Crippen LogP contribution in [0.25, 0.3) is 44.9 Å². The average molecular weight is 560 g/mol. The van der Waals surface area contributed by atoms with Gasteiger partial charge in [-0.3, -0.25) is 4.79 Å². The number of morpholine rings is 1. The van der Waals surface area contributed by atoms with Crippen molar-refractivity contribution in [1.82, 2.24) is 9.78 Å². The molecule has 0 aliphatic carbocycles. The van der Waals surface area contributed by atoms with E-state index in [1.54, 1.807) is 4.68 Å². The molecule has 0 bridgehead atoms. The lowest BCUT2D eigenvalue weighted by atomic mass is 9.96. The first-order valence-electron chi connectivity index (χ1n) is 14.2. The summed E-state index contributed by atoms with van der Waals surface area (Å²) in [6.45, 7) is 15.1. The van der Waals surface area contributed by atoms with E-state index >= 15 is 0 Å². The van der Waals surface area contributed by atoms with Gasteiger partial charge >= 0.3 is 0 Å². The van der Waals surface area contributed by atoms with Gasteiger partial charge in [0.25, 0.3) is 5.56 Å². The van der Waals surface area contributed by atoms with Crippen LogP contribution in [0.15, 0.2) is 102 Å². The van der Waals surface area contributed by atoms with Gasteiger partial charge in [0.2, 0.25) is 0 Å². The predicted octanol–water partition coefficient (Wildman–Crippen LogP) is 7.35. The summed E-state index contributed by atoms with van der Waals surface area (Å²) in [6, 6.07) is 30.6. The van der Waals surface area contributed by atoms with Crippen LogP contribution in [0, 0.1) is 6.92 Å². The lowest BCUT2D eigenvalue weighted by Gasteiger charge is -2.29. The van der Waals surface area contributed by atoms with E-state index in [2.05, 4.69) is 60.0 Å². The maximum Gasteiger partial charge on any atom is 0.279 e. The van der Waals surface area contributed by atoms with Gasteiger partial charge in [-0.2, -0.15) is 9.78 Å². The number of carbonyl (C=O) groups is 1. The molecule has 4 aromatic carbocycles. The summed E-state index contributed by atoms with van der Waals surface area (Å²) in [5.74, 6) is 0. The topological polar surface area (TPSA) is 64.4 Å². The van der Waals surface area contributed by atoms with Crippen LogP contribution in [-0.4, -0.2) is 42.9 Å². The van der Waals surface area contributed by atoms with Crippen molar-refractivity contribution in [2.45, 2.75) is 20.8 Å². The molecule has 0 unspecified atom stereocenters. The van der Waals surface area contributed by atoms with Gasteiger partial charge in [-0.1, -0.05) is 81.1 Å². The highest BCUT2D eigenvalue weighted by Crippen LogP contribution is 2.32. The van der Waals surface area contributed by atoms with E-state index in [-0.39, 0.29) is 5.56 Å². The zero-order valence-electron chi connectivity index (χ0n) is 24.5. The van der Waals surface area contributed by atoms with Gasteiger partial charge in [-0.25, -0.2) is 0 Å². The second-order valence-electron chi connectivity index (χ2n) is 9.60. The van der Waals surface area contributed by atoms with Crippen molar-refractivity contribution in [3.8, 4) is 28.1 Å². The molecule has 214 valence electrons. The zero-order chi connectivity index (χ0) is 30.1. The molecule has 1 aliphatic rings. The summed E-state index contributed by atoms with van der Waals surface area (Å²) in [5, 5.41) is 6.49. The quantitative estimate of drug-likeness (QED) is 0.225. The molecule has 6 rings (SSSR count). The van der Waals surface area contributed by atoms with E-state index in [0.717, 1.165) is 63.4 Å².